The van der Waals surface area contributed by atoms with Crippen molar-refractivity contribution < 1.29 is 13.9 Å². The second-order valence-electron chi connectivity index (χ2n) is 5.25. The molecule has 1 aliphatic rings. The fraction of sp³-hybridized carbons (Fsp3) is 0.533. The van der Waals surface area contributed by atoms with Crippen molar-refractivity contribution in [1.29, 1.82) is 5.26 Å². The molecule has 0 spiro atoms. The minimum absolute atomic E-state index is 0.0184. The molecule has 0 aromatic heterocycles. The quantitative estimate of drug-likeness (QED) is 0.825. The lowest BCUT2D eigenvalue weighted by atomic mass is 9.74. The Morgan fingerprint density at radius 1 is 1.16 bits per heavy atom. The van der Waals surface area contributed by atoms with E-state index in [-0.39, 0.29) is 5.56 Å². The highest BCUT2D eigenvalue weighted by atomic mass is 19.1. The molecular weight excluding hydrogens is 248 g/mol. The molecule has 2 nitrogen and oxygen atoms in total. The van der Waals surface area contributed by atoms with Gasteiger partial charge in [-0.15, -0.1) is 0 Å². The molecular formula is C15H17F2NO. The van der Waals surface area contributed by atoms with E-state index in [4.69, 9.17) is 0 Å². The third-order valence-corrected chi connectivity index (χ3v) is 4.00. The van der Waals surface area contributed by atoms with Crippen molar-refractivity contribution in [3.63, 3.8) is 0 Å². The minimum atomic E-state index is -1.20. The zero-order valence-electron chi connectivity index (χ0n) is 10.7. The molecule has 0 heterocycles. The standard InChI is InChI=1S/C15H17F2NO/c16-11-5-6-12(13(17)9-11)14(19)15(10-18)7-3-1-2-4-8-15/h5-6,9,14,19H,1-4,7-8H2. The summed E-state index contributed by atoms with van der Waals surface area (Å²) in [4.78, 5) is 0. The maximum atomic E-state index is 13.8. The normalized spacial score (nSPS) is 20.3. The molecule has 2 rings (SSSR count). The van der Waals surface area contributed by atoms with Crippen LogP contribution in [0, 0.1) is 28.4 Å². The average Bonchev–Trinajstić information content (AvgIpc) is 2.64. The van der Waals surface area contributed by atoms with Gasteiger partial charge < -0.3 is 5.11 Å². The molecule has 102 valence electrons. The van der Waals surface area contributed by atoms with Gasteiger partial charge in [-0.3, -0.25) is 0 Å². The monoisotopic (exact) mass is 265 g/mol. The third-order valence-electron chi connectivity index (χ3n) is 4.00. The first-order chi connectivity index (χ1) is 9.09. The summed E-state index contributed by atoms with van der Waals surface area (Å²) in [5.74, 6) is -1.47. The van der Waals surface area contributed by atoms with E-state index in [0.717, 1.165) is 37.8 Å². The van der Waals surface area contributed by atoms with E-state index in [0.29, 0.717) is 12.8 Å². The molecule has 1 N–H and O–H groups in total. The first kappa shape index (κ1) is 14.0. The van der Waals surface area contributed by atoms with Gasteiger partial charge >= 0.3 is 0 Å². The second-order valence-corrected chi connectivity index (χ2v) is 5.25. The SMILES string of the molecule is N#CC1(C(O)c2ccc(F)cc2F)CCCCCC1. The van der Waals surface area contributed by atoms with Gasteiger partial charge in [0.2, 0.25) is 0 Å². The Bertz CT molecular complexity index is 487. The summed E-state index contributed by atoms with van der Waals surface area (Å²) in [5, 5.41) is 19.8. The highest BCUT2D eigenvalue weighted by molar-refractivity contribution is 5.25. The van der Waals surface area contributed by atoms with Crippen LogP contribution in [0.3, 0.4) is 0 Å². The van der Waals surface area contributed by atoms with E-state index in [1.54, 1.807) is 0 Å². The van der Waals surface area contributed by atoms with Crippen LogP contribution in [0.15, 0.2) is 18.2 Å². The summed E-state index contributed by atoms with van der Waals surface area (Å²) in [5.41, 5.74) is -0.931. The van der Waals surface area contributed by atoms with Crippen LogP contribution < -0.4 is 0 Å². The smallest absolute Gasteiger partial charge is 0.131 e. The van der Waals surface area contributed by atoms with E-state index in [1.807, 2.05) is 0 Å². The summed E-state index contributed by atoms with van der Waals surface area (Å²) in [7, 11) is 0. The molecule has 1 aliphatic carbocycles. The van der Waals surface area contributed by atoms with Gasteiger partial charge in [-0.05, 0) is 18.9 Å². The maximum Gasteiger partial charge on any atom is 0.131 e. The molecule has 1 aromatic rings. The Morgan fingerprint density at radius 2 is 1.79 bits per heavy atom. The number of aliphatic hydroxyl groups is 1. The Balaban J connectivity index is 2.34. The van der Waals surface area contributed by atoms with Gasteiger partial charge in [-0.1, -0.05) is 31.7 Å². The van der Waals surface area contributed by atoms with Crippen LogP contribution in [0.5, 0.6) is 0 Å². The third kappa shape index (κ3) is 2.76. The average molecular weight is 265 g/mol. The topological polar surface area (TPSA) is 44.0 Å². The maximum absolute atomic E-state index is 13.8. The lowest BCUT2D eigenvalue weighted by Gasteiger charge is -2.31. The van der Waals surface area contributed by atoms with Crippen LogP contribution in [0.2, 0.25) is 0 Å². The van der Waals surface area contributed by atoms with Crippen LogP contribution in [0.4, 0.5) is 8.78 Å². The van der Waals surface area contributed by atoms with Crippen molar-refractivity contribution in [3.05, 3.63) is 35.4 Å². The summed E-state index contributed by atoms with van der Waals surface area (Å²) in [6, 6.07) is 5.29. The number of hydrogen-bond acceptors (Lipinski definition) is 2. The number of rotatable bonds is 2. The Hall–Kier alpha value is -1.47. The van der Waals surface area contributed by atoms with E-state index in [1.165, 1.54) is 6.07 Å². The molecule has 4 heteroatoms. The number of aliphatic hydroxyl groups excluding tert-OH is 1. The molecule has 1 fully saturated rings. The summed E-state index contributed by atoms with van der Waals surface area (Å²) in [6.45, 7) is 0. The fourth-order valence-electron chi connectivity index (χ4n) is 2.83. The van der Waals surface area contributed by atoms with Gasteiger partial charge in [0.15, 0.2) is 0 Å². The van der Waals surface area contributed by atoms with Crippen molar-refractivity contribution in [2.45, 2.75) is 44.6 Å². The first-order valence-corrected chi connectivity index (χ1v) is 6.63. The number of hydrogen-bond donors (Lipinski definition) is 1. The molecule has 0 bridgehead atoms. The van der Waals surface area contributed by atoms with E-state index in [2.05, 4.69) is 6.07 Å². The minimum Gasteiger partial charge on any atom is -0.387 e. The molecule has 0 radical (unpaired) electrons. The number of nitriles is 1. The van der Waals surface area contributed by atoms with Crippen molar-refractivity contribution >= 4 is 0 Å². The summed E-state index contributed by atoms with van der Waals surface area (Å²) in [6.07, 6.45) is 3.68. The van der Waals surface area contributed by atoms with Crippen molar-refractivity contribution in [2.24, 2.45) is 5.41 Å². The first-order valence-electron chi connectivity index (χ1n) is 6.63. The molecule has 1 atom stereocenters. The van der Waals surface area contributed by atoms with Gasteiger partial charge in [0.25, 0.3) is 0 Å². The van der Waals surface area contributed by atoms with E-state index >= 15 is 0 Å². The van der Waals surface area contributed by atoms with Crippen molar-refractivity contribution in [3.8, 4) is 6.07 Å². The van der Waals surface area contributed by atoms with Crippen LogP contribution >= 0.6 is 0 Å². The molecule has 0 aliphatic heterocycles. The Kier molecular flexibility index (Phi) is 4.16. The van der Waals surface area contributed by atoms with Gasteiger partial charge in [-0.25, -0.2) is 8.78 Å². The number of halogens is 2. The van der Waals surface area contributed by atoms with Crippen LogP contribution in [-0.2, 0) is 0 Å². The lowest BCUT2D eigenvalue weighted by molar-refractivity contribution is 0.0486. The van der Waals surface area contributed by atoms with Crippen molar-refractivity contribution in [2.75, 3.05) is 0 Å². The van der Waals surface area contributed by atoms with Crippen LogP contribution in [0.25, 0.3) is 0 Å². The van der Waals surface area contributed by atoms with Gasteiger partial charge in [0.05, 0.1) is 11.5 Å². The highest BCUT2D eigenvalue weighted by Crippen LogP contribution is 2.45. The molecule has 0 saturated heterocycles. The van der Waals surface area contributed by atoms with Gasteiger partial charge in [-0.2, -0.15) is 5.26 Å². The largest absolute Gasteiger partial charge is 0.387 e. The Morgan fingerprint density at radius 3 is 2.32 bits per heavy atom. The number of nitrogens with zero attached hydrogens (tertiary/aromatic N) is 1. The zero-order valence-corrected chi connectivity index (χ0v) is 10.7. The zero-order chi connectivity index (χ0) is 13.9. The van der Waals surface area contributed by atoms with Gasteiger partial charge in [0.1, 0.15) is 17.7 Å². The predicted octanol–water partition coefficient (Wildman–Crippen LogP) is 3.86. The molecule has 19 heavy (non-hydrogen) atoms. The lowest BCUT2D eigenvalue weighted by Crippen LogP contribution is -2.27. The van der Waals surface area contributed by atoms with Crippen molar-refractivity contribution in [1.82, 2.24) is 0 Å². The second kappa shape index (κ2) is 5.66. The highest BCUT2D eigenvalue weighted by Gasteiger charge is 2.40. The fourth-order valence-corrected chi connectivity index (χ4v) is 2.83. The van der Waals surface area contributed by atoms with E-state index < -0.39 is 23.2 Å². The summed E-state index contributed by atoms with van der Waals surface area (Å²) >= 11 is 0. The predicted molar refractivity (Wildman–Crippen MR) is 67.1 cm³/mol. The molecule has 1 unspecified atom stereocenters. The van der Waals surface area contributed by atoms with Crippen LogP contribution in [-0.4, -0.2) is 5.11 Å². The number of benzene rings is 1. The molecule has 1 saturated carbocycles. The van der Waals surface area contributed by atoms with E-state index in [9.17, 15) is 19.1 Å². The molecule has 0 amide bonds. The molecule has 1 aromatic carbocycles. The van der Waals surface area contributed by atoms with Crippen LogP contribution in [0.1, 0.15) is 50.2 Å². The Labute approximate surface area is 111 Å². The van der Waals surface area contributed by atoms with Gasteiger partial charge in [0, 0.05) is 11.6 Å². The summed E-state index contributed by atoms with van der Waals surface area (Å²) < 4.78 is 26.7.